The van der Waals surface area contributed by atoms with Crippen molar-refractivity contribution in [1.82, 2.24) is 0 Å². The normalized spacial score (nSPS) is 14.3. The Balaban J connectivity index is 3.16. The van der Waals surface area contributed by atoms with E-state index >= 15 is 0 Å². The molecule has 1 aromatic rings. The van der Waals surface area contributed by atoms with Crippen LogP contribution in [0.15, 0.2) is 18.2 Å². The molecule has 0 aliphatic rings. The minimum atomic E-state index is -0.435. The fourth-order valence-corrected chi connectivity index (χ4v) is 1.68. The van der Waals surface area contributed by atoms with Gasteiger partial charge in [0.1, 0.15) is 5.69 Å². The number of benzene rings is 1. The average molecular weight is 272 g/mol. The number of nitrogens with two attached hydrogens (primary N) is 1. The lowest BCUT2D eigenvalue weighted by Gasteiger charge is -2.34. The Bertz CT molecular complexity index is 451. The number of nitrogens with one attached hydrogen (secondary N) is 1. The Kier molecular flexibility index (Phi) is 4.53. The molecule has 0 heterocycles. The number of nitrogens with zero attached hydrogens (tertiary/aromatic N) is 1. The van der Waals surface area contributed by atoms with Gasteiger partial charge in [-0.05, 0) is 25.0 Å². The summed E-state index contributed by atoms with van der Waals surface area (Å²) in [6.45, 7) is 6.32. The maximum Gasteiger partial charge on any atom is 0.292 e. The molecule has 0 aliphatic heterocycles. The van der Waals surface area contributed by atoms with E-state index < -0.39 is 10.5 Å². The SMILES string of the molecule is CC(C)C(C)(CN)Nc1cc(Cl)ccc1[N+](=O)[O-]. The van der Waals surface area contributed by atoms with Crippen molar-refractivity contribution < 1.29 is 4.92 Å². The topological polar surface area (TPSA) is 81.2 Å². The quantitative estimate of drug-likeness (QED) is 0.637. The van der Waals surface area contributed by atoms with E-state index in [0.717, 1.165) is 0 Å². The average Bonchev–Trinajstić information content (AvgIpc) is 2.28. The summed E-state index contributed by atoms with van der Waals surface area (Å²) in [5.41, 5.74) is 5.73. The lowest BCUT2D eigenvalue weighted by atomic mass is 9.88. The monoisotopic (exact) mass is 271 g/mol. The summed E-state index contributed by atoms with van der Waals surface area (Å²) in [6, 6.07) is 4.44. The van der Waals surface area contributed by atoms with Crippen LogP contribution < -0.4 is 11.1 Å². The highest BCUT2D eigenvalue weighted by atomic mass is 35.5. The first-order valence-electron chi connectivity index (χ1n) is 5.72. The Hall–Kier alpha value is -1.33. The zero-order valence-electron chi connectivity index (χ0n) is 10.7. The number of hydrogen-bond acceptors (Lipinski definition) is 4. The van der Waals surface area contributed by atoms with Crippen molar-refractivity contribution in [1.29, 1.82) is 0 Å². The van der Waals surface area contributed by atoms with E-state index in [0.29, 0.717) is 17.3 Å². The molecule has 0 saturated carbocycles. The van der Waals surface area contributed by atoms with E-state index in [1.165, 1.54) is 12.1 Å². The number of nitro groups is 1. The van der Waals surface area contributed by atoms with Gasteiger partial charge in [0.25, 0.3) is 5.69 Å². The second-order valence-corrected chi connectivity index (χ2v) is 5.26. The van der Waals surface area contributed by atoms with Gasteiger partial charge in [0.15, 0.2) is 0 Å². The van der Waals surface area contributed by atoms with Crippen molar-refractivity contribution in [2.24, 2.45) is 11.7 Å². The molecule has 0 saturated heterocycles. The number of halogens is 1. The molecule has 0 spiro atoms. The van der Waals surface area contributed by atoms with Crippen molar-refractivity contribution in [3.63, 3.8) is 0 Å². The molecule has 5 nitrogen and oxygen atoms in total. The van der Waals surface area contributed by atoms with E-state index in [1.807, 2.05) is 20.8 Å². The first-order valence-corrected chi connectivity index (χ1v) is 6.10. The molecule has 100 valence electrons. The van der Waals surface area contributed by atoms with Gasteiger partial charge in [0.05, 0.1) is 4.92 Å². The number of nitro benzene ring substituents is 1. The van der Waals surface area contributed by atoms with E-state index in [-0.39, 0.29) is 11.6 Å². The molecule has 0 bridgehead atoms. The maximum absolute atomic E-state index is 11.0. The van der Waals surface area contributed by atoms with Gasteiger partial charge in [-0.3, -0.25) is 10.1 Å². The van der Waals surface area contributed by atoms with Crippen LogP contribution in [0.1, 0.15) is 20.8 Å². The molecule has 3 N–H and O–H groups in total. The highest BCUT2D eigenvalue weighted by Gasteiger charge is 2.29. The largest absolute Gasteiger partial charge is 0.373 e. The van der Waals surface area contributed by atoms with Gasteiger partial charge in [0, 0.05) is 23.2 Å². The van der Waals surface area contributed by atoms with E-state index in [1.54, 1.807) is 6.07 Å². The Morgan fingerprint density at radius 1 is 1.56 bits per heavy atom. The van der Waals surface area contributed by atoms with Crippen LogP contribution in [0.2, 0.25) is 5.02 Å². The third kappa shape index (κ3) is 3.11. The molecule has 0 fully saturated rings. The van der Waals surface area contributed by atoms with Gasteiger partial charge in [-0.1, -0.05) is 25.4 Å². The van der Waals surface area contributed by atoms with Gasteiger partial charge >= 0.3 is 0 Å². The van der Waals surface area contributed by atoms with Crippen LogP contribution in [0.5, 0.6) is 0 Å². The van der Waals surface area contributed by atoms with Crippen LogP contribution in [-0.2, 0) is 0 Å². The highest BCUT2D eigenvalue weighted by Crippen LogP contribution is 2.31. The summed E-state index contributed by atoms with van der Waals surface area (Å²) in [5.74, 6) is 0.223. The van der Waals surface area contributed by atoms with Crippen LogP contribution >= 0.6 is 11.6 Å². The van der Waals surface area contributed by atoms with Crippen molar-refractivity contribution in [2.75, 3.05) is 11.9 Å². The molecule has 18 heavy (non-hydrogen) atoms. The Morgan fingerprint density at radius 2 is 2.17 bits per heavy atom. The third-order valence-corrected chi connectivity index (χ3v) is 3.51. The first-order chi connectivity index (χ1) is 8.30. The van der Waals surface area contributed by atoms with E-state index in [9.17, 15) is 10.1 Å². The molecule has 1 rings (SSSR count). The standard InChI is InChI=1S/C12H18ClN3O2/c1-8(2)12(3,7-14)15-10-6-9(13)4-5-11(10)16(17)18/h4-6,8,15H,7,14H2,1-3H3. The molecule has 0 radical (unpaired) electrons. The van der Waals surface area contributed by atoms with Crippen molar-refractivity contribution in [2.45, 2.75) is 26.3 Å². The van der Waals surface area contributed by atoms with Crippen molar-refractivity contribution in [3.8, 4) is 0 Å². The smallest absolute Gasteiger partial charge is 0.292 e. The van der Waals surface area contributed by atoms with Crippen LogP contribution in [0.3, 0.4) is 0 Å². The fraction of sp³-hybridized carbons (Fsp3) is 0.500. The molecule has 0 aromatic heterocycles. The van der Waals surface area contributed by atoms with Crippen molar-refractivity contribution in [3.05, 3.63) is 33.3 Å². The van der Waals surface area contributed by atoms with E-state index in [2.05, 4.69) is 5.32 Å². The highest BCUT2D eigenvalue weighted by molar-refractivity contribution is 6.31. The molecular formula is C12H18ClN3O2. The fourth-order valence-electron chi connectivity index (χ4n) is 1.51. The number of anilines is 1. The molecule has 1 atom stereocenters. The van der Waals surface area contributed by atoms with Crippen LogP contribution in [0.25, 0.3) is 0 Å². The lowest BCUT2D eigenvalue weighted by Crippen LogP contribution is -2.47. The number of hydrogen-bond donors (Lipinski definition) is 2. The summed E-state index contributed by atoms with van der Waals surface area (Å²) in [5, 5.41) is 14.6. The summed E-state index contributed by atoms with van der Waals surface area (Å²) in [6.07, 6.45) is 0. The Morgan fingerprint density at radius 3 is 2.61 bits per heavy atom. The summed E-state index contributed by atoms with van der Waals surface area (Å²) in [7, 11) is 0. The van der Waals surface area contributed by atoms with Gasteiger partial charge in [-0.2, -0.15) is 0 Å². The summed E-state index contributed by atoms with van der Waals surface area (Å²) >= 11 is 5.88. The van der Waals surface area contributed by atoms with Crippen LogP contribution in [0, 0.1) is 16.0 Å². The predicted octanol–water partition coefficient (Wildman–Crippen LogP) is 3.03. The second kappa shape index (κ2) is 5.54. The summed E-state index contributed by atoms with van der Waals surface area (Å²) < 4.78 is 0. The molecule has 0 amide bonds. The molecular weight excluding hydrogens is 254 g/mol. The Labute approximate surface area is 111 Å². The minimum absolute atomic E-state index is 0.000255. The van der Waals surface area contributed by atoms with Gasteiger partial charge in [-0.25, -0.2) is 0 Å². The lowest BCUT2D eigenvalue weighted by molar-refractivity contribution is -0.384. The number of rotatable bonds is 5. The minimum Gasteiger partial charge on any atom is -0.373 e. The van der Waals surface area contributed by atoms with Gasteiger partial charge in [-0.15, -0.1) is 0 Å². The molecule has 6 heteroatoms. The van der Waals surface area contributed by atoms with Gasteiger partial charge in [0.2, 0.25) is 0 Å². The van der Waals surface area contributed by atoms with Crippen LogP contribution in [0.4, 0.5) is 11.4 Å². The van der Waals surface area contributed by atoms with Crippen LogP contribution in [-0.4, -0.2) is 17.0 Å². The predicted molar refractivity (Wildman–Crippen MR) is 74.0 cm³/mol. The second-order valence-electron chi connectivity index (χ2n) is 4.82. The first kappa shape index (κ1) is 14.7. The summed E-state index contributed by atoms with van der Waals surface area (Å²) in [4.78, 5) is 10.5. The zero-order chi connectivity index (χ0) is 13.9. The third-order valence-electron chi connectivity index (χ3n) is 3.27. The zero-order valence-corrected chi connectivity index (χ0v) is 11.5. The van der Waals surface area contributed by atoms with Gasteiger partial charge < -0.3 is 11.1 Å². The van der Waals surface area contributed by atoms with Crippen molar-refractivity contribution >= 4 is 23.0 Å². The van der Waals surface area contributed by atoms with E-state index in [4.69, 9.17) is 17.3 Å². The molecule has 0 aliphatic carbocycles. The molecule has 1 aromatic carbocycles. The molecule has 1 unspecified atom stereocenters. The maximum atomic E-state index is 11.0.